The van der Waals surface area contributed by atoms with Gasteiger partial charge in [-0.2, -0.15) is 0 Å². The van der Waals surface area contributed by atoms with E-state index in [1.54, 1.807) is 12.3 Å². The van der Waals surface area contributed by atoms with Crippen LogP contribution in [0, 0.1) is 6.92 Å². The minimum atomic E-state index is -4.78. The molecule has 10 heteroatoms. The lowest BCUT2D eigenvalue weighted by molar-refractivity contribution is -0.274. The molecule has 1 aromatic carbocycles. The molecule has 1 aromatic heterocycles. The molecule has 126 valence electrons. The summed E-state index contributed by atoms with van der Waals surface area (Å²) in [7, 11) is 0. The van der Waals surface area contributed by atoms with Gasteiger partial charge in [-0.3, -0.25) is 0 Å². The maximum atomic E-state index is 12.3. The second-order valence-electron chi connectivity index (χ2n) is 4.24. The van der Waals surface area contributed by atoms with E-state index in [2.05, 4.69) is 20.0 Å². The zero-order valence-corrected chi connectivity index (χ0v) is 15.1. The molecule has 0 bridgehead atoms. The Bertz CT molecular complexity index is 675. The molecule has 2 aromatic rings. The number of aryl methyl sites for hydroxylation is 1. The van der Waals surface area contributed by atoms with E-state index < -0.39 is 6.36 Å². The Hall–Kier alpha value is -1.56. The molecule has 0 aliphatic carbocycles. The number of aliphatic imine (C=N–C) groups is 1. The van der Waals surface area contributed by atoms with Crippen LogP contribution in [0.5, 0.6) is 5.75 Å². The molecule has 2 rings (SSSR count). The molecule has 5 nitrogen and oxygen atoms in total. The largest absolute Gasteiger partial charge is 0.573 e. The van der Waals surface area contributed by atoms with Crippen molar-refractivity contribution in [2.24, 2.45) is 10.7 Å². The zero-order chi connectivity index (χ0) is 16.2. The average molecular weight is 458 g/mol. The number of ether oxygens (including phenoxy) is 1. The molecular formula is C13H14F3IN4OS. The summed E-state index contributed by atoms with van der Waals surface area (Å²) in [4.78, 5) is 9.19. The fraction of sp³-hybridized carbons (Fsp3) is 0.231. The molecule has 0 aliphatic rings. The first kappa shape index (κ1) is 19.5. The SMILES string of the molecule is Cc1cnc(CN=C(N)Nc2ccccc2OC(F)(F)F)s1.I. The fourth-order valence-electron chi connectivity index (χ4n) is 1.59. The molecule has 23 heavy (non-hydrogen) atoms. The Morgan fingerprint density at radius 2 is 2.09 bits per heavy atom. The zero-order valence-electron chi connectivity index (χ0n) is 11.9. The van der Waals surface area contributed by atoms with E-state index in [1.165, 1.54) is 29.5 Å². The second kappa shape index (κ2) is 8.34. The number of hydrogen-bond donors (Lipinski definition) is 2. The van der Waals surface area contributed by atoms with E-state index in [1.807, 2.05) is 6.92 Å². The number of aromatic nitrogens is 1. The van der Waals surface area contributed by atoms with Gasteiger partial charge in [0.1, 0.15) is 5.01 Å². The lowest BCUT2D eigenvalue weighted by Gasteiger charge is -2.13. The summed E-state index contributed by atoms with van der Waals surface area (Å²) in [6.45, 7) is 2.16. The maximum absolute atomic E-state index is 12.3. The normalized spacial score (nSPS) is 11.7. The van der Waals surface area contributed by atoms with Crippen LogP contribution in [0.25, 0.3) is 0 Å². The Morgan fingerprint density at radius 3 is 2.70 bits per heavy atom. The summed E-state index contributed by atoms with van der Waals surface area (Å²) in [5, 5.41) is 3.36. The van der Waals surface area contributed by atoms with Crippen molar-refractivity contribution in [3.8, 4) is 5.75 Å². The van der Waals surface area contributed by atoms with Gasteiger partial charge in [-0.15, -0.1) is 48.5 Å². The smallest absolute Gasteiger partial charge is 0.404 e. The van der Waals surface area contributed by atoms with Crippen molar-refractivity contribution < 1.29 is 17.9 Å². The third-order valence-corrected chi connectivity index (χ3v) is 3.33. The van der Waals surface area contributed by atoms with Gasteiger partial charge in [0.25, 0.3) is 0 Å². The monoisotopic (exact) mass is 458 g/mol. The molecule has 0 aliphatic heterocycles. The molecule has 0 amide bonds. The second-order valence-corrected chi connectivity index (χ2v) is 5.55. The van der Waals surface area contributed by atoms with Gasteiger partial charge in [0.05, 0.1) is 12.2 Å². The van der Waals surface area contributed by atoms with Gasteiger partial charge in [-0.05, 0) is 19.1 Å². The Labute approximate surface area is 151 Å². The van der Waals surface area contributed by atoms with Gasteiger partial charge < -0.3 is 15.8 Å². The molecule has 0 saturated carbocycles. The molecule has 0 atom stereocenters. The first-order valence-electron chi connectivity index (χ1n) is 6.16. The summed E-state index contributed by atoms with van der Waals surface area (Å²) in [5.41, 5.74) is 5.75. The number of nitrogens with one attached hydrogen (secondary N) is 1. The molecule has 0 radical (unpaired) electrons. The van der Waals surface area contributed by atoms with Crippen LogP contribution in [-0.2, 0) is 6.54 Å². The van der Waals surface area contributed by atoms with Crippen molar-refractivity contribution in [3.63, 3.8) is 0 Å². The number of nitrogens with zero attached hydrogens (tertiary/aromatic N) is 2. The molecule has 0 saturated heterocycles. The van der Waals surface area contributed by atoms with Crippen LogP contribution in [0.2, 0.25) is 0 Å². The van der Waals surface area contributed by atoms with Crippen LogP contribution in [0.3, 0.4) is 0 Å². The third kappa shape index (κ3) is 6.60. The highest BCUT2D eigenvalue weighted by Gasteiger charge is 2.32. The van der Waals surface area contributed by atoms with E-state index in [4.69, 9.17) is 5.73 Å². The Kier molecular flexibility index (Phi) is 7.06. The van der Waals surface area contributed by atoms with Gasteiger partial charge in [0.15, 0.2) is 11.7 Å². The van der Waals surface area contributed by atoms with Gasteiger partial charge in [-0.1, -0.05) is 12.1 Å². The number of nitrogens with two attached hydrogens (primary N) is 1. The number of anilines is 1. The summed E-state index contributed by atoms with van der Waals surface area (Å²) >= 11 is 1.47. The van der Waals surface area contributed by atoms with E-state index in [0.29, 0.717) is 0 Å². The number of thiazole rings is 1. The van der Waals surface area contributed by atoms with Gasteiger partial charge >= 0.3 is 6.36 Å². The minimum absolute atomic E-state index is 0. The third-order valence-electron chi connectivity index (χ3n) is 2.43. The Balaban J connectivity index is 0.00000264. The predicted molar refractivity (Wildman–Crippen MR) is 94.3 cm³/mol. The first-order valence-corrected chi connectivity index (χ1v) is 6.98. The summed E-state index contributed by atoms with van der Waals surface area (Å²) in [6, 6.07) is 5.59. The number of hydrogen-bond acceptors (Lipinski definition) is 4. The lowest BCUT2D eigenvalue weighted by Crippen LogP contribution is -2.24. The quantitative estimate of drug-likeness (QED) is 0.415. The summed E-state index contributed by atoms with van der Waals surface area (Å²) in [6.07, 6.45) is -3.06. The highest BCUT2D eigenvalue weighted by molar-refractivity contribution is 14.0. The minimum Gasteiger partial charge on any atom is -0.404 e. The van der Waals surface area contributed by atoms with Crippen molar-refractivity contribution >= 4 is 47.0 Å². The average Bonchev–Trinajstić information content (AvgIpc) is 2.83. The van der Waals surface area contributed by atoms with Crippen LogP contribution in [-0.4, -0.2) is 17.3 Å². The Morgan fingerprint density at radius 1 is 1.39 bits per heavy atom. The van der Waals surface area contributed by atoms with E-state index in [0.717, 1.165) is 9.88 Å². The lowest BCUT2D eigenvalue weighted by atomic mass is 10.3. The van der Waals surface area contributed by atoms with E-state index >= 15 is 0 Å². The van der Waals surface area contributed by atoms with Crippen molar-refractivity contribution in [3.05, 3.63) is 40.3 Å². The van der Waals surface area contributed by atoms with Crippen molar-refractivity contribution in [2.45, 2.75) is 19.8 Å². The van der Waals surface area contributed by atoms with Gasteiger partial charge in [-0.25, -0.2) is 9.98 Å². The summed E-state index contributed by atoms with van der Waals surface area (Å²) < 4.78 is 40.9. The number of alkyl halides is 3. The van der Waals surface area contributed by atoms with E-state index in [-0.39, 0.29) is 47.9 Å². The predicted octanol–water partition coefficient (Wildman–Crippen LogP) is 3.89. The number of guanidine groups is 1. The first-order chi connectivity index (χ1) is 10.3. The molecule has 3 N–H and O–H groups in total. The van der Waals surface area contributed by atoms with Gasteiger partial charge in [0, 0.05) is 11.1 Å². The number of benzene rings is 1. The van der Waals surface area contributed by atoms with Crippen molar-refractivity contribution in [2.75, 3.05) is 5.32 Å². The number of para-hydroxylation sites is 2. The molecular weight excluding hydrogens is 444 g/mol. The molecule has 0 spiro atoms. The van der Waals surface area contributed by atoms with Gasteiger partial charge in [0.2, 0.25) is 0 Å². The fourth-order valence-corrected chi connectivity index (χ4v) is 2.30. The van der Waals surface area contributed by atoms with Crippen LogP contribution in [0.4, 0.5) is 18.9 Å². The molecule has 0 fully saturated rings. The maximum Gasteiger partial charge on any atom is 0.573 e. The number of rotatable bonds is 4. The van der Waals surface area contributed by atoms with Crippen molar-refractivity contribution in [1.82, 2.24) is 4.98 Å². The molecule has 1 heterocycles. The highest BCUT2D eigenvalue weighted by atomic mass is 127. The van der Waals surface area contributed by atoms with Crippen LogP contribution in [0.15, 0.2) is 35.5 Å². The summed E-state index contributed by atoms with van der Waals surface area (Å²) in [5.74, 6) is -0.399. The van der Waals surface area contributed by atoms with Crippen LogP contribution >= 0.6 is 35.3 Å². The van der Waals surface area contributed by atoms with Crippen LogP contribution < -0.4 is 15.8 Å². The van der Waals surface area contributed by atoms with Crippen LogP contribution in [0.1, 0.15) is 9.88 Å². The van der Waals surface area contributed by atoms with E-state index in [9.17, 15) is 13.2 Å². The topological polar surface area (TPSA) is 72.5 Å². The highest BCUT2D eigenvalue weighted by Crippen LogP contribution is 2.29. The number of halogens is 4. The standard InChI is InChI=1S/C13H13F3N4OS.HI/c1-8-6-18-11(22-8)7-19-12(17)20-9-4-2-3-5-10(9)21-13(14,15)16;/h2-6H,7H2,1H3,(H3,17,19,20);1H. The van der Waals surface area contributed by atoms with Crippen molar-refractivity contribution in [1.29, 1.82) is 0 Å². The molecule has 0 unspecified atom stereocenters.